The summed E-state index contributed by atoms with van der Waals surface area (Å²) in [6.45, 7) is 5.39. The molecule has 0 saturated carbocycles. The molecule has 96 valence electrons. The number of nitrogens with one attached hydrogen (secondary N) is 1. The lowest BCUT2D eigenvalue weighted by molar-refractivity contribution is 0.468. The van der Waals surface area contributed by atoms with Gasteiger partial charge in [0.25, 0.3) is 0 Å². The molecule has 1 atom stereocenters. The number of hydrogen-bond donors (Lipinski definition) is 1. The number of halogens is 2. The molecule has 0 amide bonds. The highest BCUT2D eigenvalue weighted by Crippen LogP contribution is 2.19. The predicted molar refractivity (Wildman–Crippen MR) is 72.1 cm³/mol. The Morgan fingerprint density at radius 2 is 2.12 bits per heavy atom. The highest BCUT2D eigenvalue weighted by Gasteiger charge is 2.07. The third kappa shape index (κ3) is 5.05. The molecule has 1 rings (SSSR count). The van der Waals surface area contributed by atoms with E-state index >= 15 is 0 Å². The maximum Gasteiger partial charge on any atom is 0.124 e. The van der Waals surface area contributed by atoms with Crippen LogP contribution in [0.4, 0.5) is 4.39 Å². The van der Waals surface area contributed by atoms with Crippen LogP contribution in [0.3, 0.4) is 0 Å². The van der Waals surface area contributed by atoms with Gasteiger partial charge < -0.3 is 5.32 Å². The second-order valence-electron chi connectivity index (χ2n) is 4.33. The highest BCUT2D eigenvalue weighted by molar-refractivity contribution is 6.31. The van der Waals surface area contributed by atoms with Crippen molar-refractivity contribution in [2.45, 2.75) is 45.6 Å². The van der Waals surface area contributed by atoms with E-state index in [1.165, 1.54) is 12.1 Å². The van der Waals surface area contributed by atoms with Gasteiger partial charge in [-0.15, -0.1) is 0 Å². The summed E-state index contributed by atoms with van der Waals surface area (Å²) < 4.78 is 12.9. The smallest absolute Gasteiger partial charge is 0.124 e. The van der Waals surface area contributed by atoms with Crippen LogP contribution in [0.15, 0.2) is 18.2 Å². The van der Waals surface area contributed by atoms with Gasteiger partial charge in [-0.25, -0.2) is 4.39 Å². The molecule has 1 nitrogen and oxygen atoms in total. The standard InChI is InChI=1S/C14H21ClFN/c1-3-9-17-13(4-2)8-6-11-5-7-12(16)10-14(11)15/h5,7,10,13,17H,3-4,6,8-9H2,1-2H3. The van der Waals surface area contributed by atoms with Crippen molar-refractivity contribution < 1.29 is 4.39 Å². The first-order chi connectivity index (χ1) is 8.17. The molecule has 0 radical (unpaired) electrons. The Morgan fingerprint density at radius 1 is 1.35 bits per heavy atom. The van der Waals surface area contributed by atoms with Gasteiger partial charge in [0.1, 0.15) is 5.82 Å². The molecule has 0 aliphatic heterocycles. The van der Waals surface area contributed by atoms with Crippen LogP contribution in [0.25, 0.3) is 0 Å². The molecule has 0 aliphatic rings. The lowest BCUT2D eigenvalue weighted by Crippen LogP contribution is -2.29. The summed E-state index contributed by atoms with van der Waals surface area (Å²) in [5, 5.41) is 4.04. The van der Waals surface area contributed by atoms with E-state index in [1.54, 1.807) is 6.07 Å². The molecule has 3 heteroatoms. The molecule has 0 fully saturated rings. The van der Waals surface area contributed by atoms with E-state index in [0.717, 1.165) is 37.8 Å². The van der Waals surface area contributed by atoms with Gasteiger partial charge in [-0.3, -0.25) is 0 Å². The predicted octanol–water partition coefficient (Wildman–Crippen LogP) is 4.19. The molecule has 0 heterocycles. The zero-order valence-corrected chi connectivity index (χ0v) is 11.4. The van der Waals surface area contributed by atoms with Crippen molar-refractivity contribution in [3.8, 4) is 0 Å². The quantitative estimate of drug-likeness (QED) is 0.772. The van der Waals surface area contributed by atoms with Crippen LogP contribution in [-0.4, -0.2) is 12.6 Å². The molecule has 0 aromatic heterocycles. The minimum atomic E-state index is -0.269. The maximum absolute atomic E-state index is 12.9. The summed E-state index contributed by atoms with van der Waals surface area (Å²) in [5.74, 6) is -0.269. The van der Waals surface area contributed by atoms with E-state index in [4.69, 9.17) is 11.6 Å². The third-order valence-electron chi connectivity index (χ3n) is 2.95. The lowest BCUT2D eigenvalue weighted by atomic mass is 10.0. The van der Waals surface area contributed by atoms with Crippen LogP contribution in [0.5, 0.6) is 0 Å². The van der Waals surface area contributed by atoms with E-state index in [2.05, 4.69) is 19.2 Å². The average Bonchev–Trinajstić information content (AvgIpc) is 2.31. The number of benzene rings is 1. The van der Waals surface area contributed by atoms with Gasteiger partial charge >= 0.3 is 0 Å². The number of rotatable bonds is 7. The molecule has 1 aromatic rings. The summed E-state index contributed by atoms with van der Waals surface area (Å²) in [6, 6.07) is 5.17. The topological polar surface area (TPSA) is 12.0 Å². The van der Waals surface area contributed by atoms with Crippen LogP contribution in [0, 0.1) is 5.82 Å². The van der Waals surface area contributed by atoms with Crippen LogP contribution < -0.4 is 5.32 Å². The Morgan fingerprint density at radius 3 is 2.71 bits per heavy atom. The molecule has 1 aromatic carbocycles. The zero-order chi connectivity index (χ0) is 12.7. The van der Waals surface area contributed by atoms with Gasteiger partial charge in [0.2, 0.25) is 0 Å². The van der Waals surface area contributed by atoms with E-state index in [-0.39, 0.29) is 5.82 Å². The molecular formula is C14H21ClFN. The zero-order valence-electron chi connectivity index (χ0n) is 10.6. The first-order valence-electron chi connectivity index (χ1n) is 6.34. The summed E-state index contributed by atoms with van der Waals surface area (Å²) in [5.41, 5.74) is 1.03. The minimum absolute atomic E-state index is 0.269. The van der Waals surface area contributed by atoms with Gasteiger partial charge in [-0.05, 0) is 49.9 Å². The van der Waals surface area contributed by atoms with Crippen molar-refractivity contribution in [1.82, 2.24) is 5.32 Å². The van der Waals surface area contributed by atoms with Crippen LogP contribution >= 0.6 is 11.6 Å². The summed E-state index contributed by atoms with van der Waals surface area (Å²) >= 11 is 6.00. The SMILES string of the molecule is CCCNC(CC)CCc1ccc(F)cc1Cl. The Bertz CT molecular complexity index is 341. The van der Waals surface area contributed by atoms with Gasteiger partial charge in [0.05, 0.1) is 0 Å². The van der Waals surface area contributed by atoms with E-state index in [9.17, 15) is 4.39 Å². The highest BCUT2D eigenvalue weighted by atomic mass is 35.5. The average molecular weight is 258 g/mol. The maximum atomic E-state index is 12.9. The van der Waals surface area contributed by atoms with Gasteiger partial charge in [0.15, 0.2) is 0 Å². The minimum Gasteiger partial charge on any atom is -0.314 e. The first-order valence-corrected chi connectivity index (χ1v) is 6.72. The Hall–Kier alpha value is -0.600. The molecule has 1 N–H and O–H groups in total. The molecule has 1 unspecified atom stereocenters. The van der Waals surface area contributed by atoms with Crippen molar-refractivity contribution in [2.75, 3.05) is 6.54 Å². The third-order valence-corrected chi connectivity index (χ3v) is 3.30. The molecule has 0 aliphatic carbocycles. The summed E-state index contributed by atoms with van der Waals surface area (Å²) in [4.78, 5) is 0. The monoisotopic (exact) mass is 257 g/mol. The molecule has 0 spiro atoms. The van der Waals surface area contributed by atoms with E-state index in [0.29, 0.717) is 11.1 Å². The molecular weight excluding hydrogens is 237 g/mol. The van der Waals surface area contributed by atoms with Crippen molar-refractivity contribution in [3.05, 3.63) is 34.6 Å². The summed E-state index contributed by atoms with van der Waals surface area (Å²) in [7, 11) is 0. The van der Waals surface area contributed by atoms with Gasteiger partial charge in [-0.2, -0.15) is 0 Å². The Kier molecular flexibility index (Phi) is 6.53. The van der Waals surface area contributed by atoms with Gasteiger partial charge in [-0.1, -0.05) is 31.5 Å². The molecule has 17 heavy (non-hydrogen) atoms. The fourth-order valence-electron chi connectivity index (χ4n) is 1.85. The fourth-order valence-corrected chi connectivity index (χ4v) is 2.11. The van der Waals surface area contributed by atoms with E-state index < -0.39 is 0 Å². The normalized spacial score (nSPS) is 12.7. The second kappa shape index (κ2) is 7.67. The largest absolute Gasteiger partial charge is 0.314 e. The van der Waals surface area contributed by atoms with Gasteiger partial charge in [0, 0.05) is 11.1 Å². The van der Waals surface area contributed by atoms with Crippen molar-refractivity contribution in [1.29, 1.82) is 0 Å². The second-order valence-corrected chi connectivity index (χ2v) is 4.74. The lowest BCUT2D eigenvalue weighted by Gasteiger charge is -2.16. The summed E-state index contributed by atoms with van der Waals surface area (Å²) in [6.07, 6.45) is 4.20. The van der Waals surface area contributed by atoms with Crippen molar-refractivity contribution >= 4 is 11.6 Å². The van der Waals surface area contributed by atoms with Crippen LogP contribution in [0.2, 0.25) is 5.02 Å². The molecule has 0 saturated heterocycles. The fraction of sp³-hybridized carbons (Fsp3) is 0.571. The number of hydrogen-bond acceptors (Lipinski definition) is 1. The van der Waals surface area contributed by atoms with Crippen LogP contribution in [0.1, 0.15) is 38.7 Å². The van der Waals surface area contributed by atoms with Crippen molar-refractivity contribution in [2.24, 2.45) is 0 Å². The number of aryl methyl sites for hydroxylation is 1. The molecule has 0 bridgehead atoms. The first kappa shape index (κ1) is 14.5. The Balaban J connectivity index is 2.47. The van der Waals surface area contributed by atoms with Crippen LogP contribution in [-0.2, 0) is 6.42 Å². The Labute approximate surface area is 108 Å². The van der Waals surface area contributed by atoms with Crippen molar-refractivity contribution in [3.63, 3.8) is 0 Å². The van der Waals surface area contributed by atoms with E-state index in [1.807, 2.05) is 0 Å².